The molecule has 1 aromatic carbocycles. The second-order valence-corrected chi connectivity index (χ2v) is 4.19. The number of benzene rings is 1. The number of carbonyl (C=O) groups excluding carboxylic acids is 1. The van der Waals surface area contributed by atoms with Gasteiger partial charge < -0.3 is 4.74 Å². The highest BCUT2D eigenvalue weighted by molar-refractivity contribution is 7.09. The predicted octanol–water partition coefficient (Wildman–Crippen LogP) is 2.58. The number of thiazole rings is 1. The number of methoxy groups -OCH3 is 1. The third-order valence-corrected chi connectivity index (χ3v) is 2.97. The zero-order chi connectivity index (χ0) is 11.4. The average molecular weight is 233 g/mol. The molecular weight excluding hydrogens is 222 g/mol. The molecule has 3 nitrogen and oxygen atoms in total. The average Bonchev–Trinajstić information content (AvgIpc) is 2.78. The molecule has 0 radical (unpaired) electrons. The topological polar surface area (TPSA) is 39.2 Å². The maximum Gasteiger partial charge on any atom is 0.224 e. The second kappa shape index (κ2) is 4.90. The number of rotatable bonds is 4. The van der Waals surface area contributed by atoms with Gasteiger partial charge in [0.1, 0.15) is 5.01 Å². The van der Waals surface area contributed by atoms with Gasteiger partial charge >= 0.3 is 0 Å². The summed E-state index contributed by atoms with van der Waals surface area (Å²) in [5, 5.41) is 2.58. The van der Waals surface area contributed by atoms with Crippen molar-refractivity contribution in [2.45, 2.75) is 6.42 Å². The fourth-order valence-corrected chi connectivity index (χ4v) is 2.08. The lowest BCUT2D eigenvalue weighted by atomic mass is 10.1. The van der Waals surface area contributed by atoms with Crippen LogP contribution in [0.5, 0.6) is 5.88 Å². The van der Waals surface area contributed by atoms with Crippen LogP contribution in [0.15, 0.2) is 35.7 Å². The number of ether oxygens (including phenoxy) is 1. The second-order valence-electron chi connectivity index (χ2n) is 3.25. The monoisotopic (exact) mass is 233 g/mol. The molecule has 0 aliphatic heterocycles. The Bertz CT molecular complexity index is 479. The number of ketones is 1. The van der Waals surface area contributed by atoms with Crippen molar-refractivity contribution < 1.29 is 9.53 Å². The van der Waals surface area contributed by atoms with Gasteiger partial charge in [0.2, 0.25) is 5.88 Å². The van der Waals surface area contributed by atoms with Gasteiger partial charge in [0.25, 0.3) is 0 Å². The van der Waals surface area contributed by atoms with E-state index in [9.17, 15) is 4.79 Å². The van der Waals surface area contributed by atoms with E-state index in [4.69, 9.17) is 4.74 Å². The molecule has 2 rings (SSSR count). The van der Waals surface area contributed by atoms with Crippen molar-refractivity contribution in [2.24, 2.45) is 0 Å². The van der Waals surface area contributed by atoms with Crippen molar-refractivity contribution >= 4 is 17.1 Å². The molecule has 0 unspecified atom stereocenters. The van der Waals surface area contributed by atoms with Crippen molar-refractivity contribution in [1.82, 2.24) is 4.98 Å². The molecule has 0 saturated heterocycles. The van der Waals surface area contributed by atoms with Gasteiger partial charge in [0.15, 0.2) is 5.78 Å². The van der Waals surface area contributed by atoms with Gasteiger partial charge in [0, 0.05) is 5.56 Å². The first kappa shape index (κ1) is 10.8. The maximum absolute atomic E-state index is 11.8. The molecule has 82 valence electrons. The van der Waals surface area contributed by atoms with Crippen molar-refractivity contribution in [3.8, 4) is 5.88 Å². The summed E-state index contributed by atoms with van der Waals surface area (Å²) in [6.45, 7) is 0. The molecular formula is C12H11NO2S. The van der Waals surface area contributed by atoms with E-state index in [1.165, 1.54) is 11.3 Å². The minimum Gasteiger partial charge on any atom is -0.480 e. The van der Waals surface area contributed by atoms with Crippen LogP contribution in [0.2, 0.25) is 0 Å². The van der Waals surface area contributed by atoms with Gasteiger partial charge in [-0.3, -0.25) is 4.79 Å². The van der Waals surface area contributed by atoms with Crippen molar-refractivity contribution in [3.63, 3.8) is 0 Å². The van der Waals surface area contributed by atoms with Gasteiger partial charge in [-0.1, -0.05) is 30.3 Å². The zero-order valence-corrected chi connectivity index (χ0v) is 9.66. The quantitative estimate of drug-likeness (QED) is 0.762. The molecule has 0 amide bonds. The number of Topliss-reactive ketones (excluding diaryl/α,β-unsaturated/α-hetero) is 1. The van der Waals surface area contributed by atoms with Crippen LogP contribution in [0.1, 0.15) is 15.4 Å². The fourth-order valence-electron chi connectivity index (χ4n) is 1.33. The van der Waals surface area contributed by atoms with E-state index in [0.717, 1.165) is 10.6 Å². The van der Waals surface area contributed by atoms with Crippen LogP contribution in [-0.4, -0.2) is 17.9 Å². The van der Waals surface area contributed by atoms with E-state index in [0.29, 0.717) is 12.3 Å². The number of aromatic nitrogens is 1. The van der Waals surface area contributed by atoms with Gasteiger partial charge in [-0.2, -0.15) is 0 Å². The van der Waals surface area contributed by atoms with Crippen molar-refractivity contribution in [2.75, 3.05) is 7.11 Å². The fraction of sp³-hybridized carbons (Fsp3) is 0.167. The molecule has 4 heteroatoms. The first-order valence-corrected chi connectivity index (χ1v) is 5.74. The van der Waals surface area contributed by atoms with Crippen LogP contribution >= 0.6 is 11.3 Å². The largest absolute Gasteiger partial charge is 0.480 e. The van der Waals surface area contributed by atoms with Gasteiger partial charge in [-0.05, 0) is 0 Å². The van der Waals surface area contributed by atoms with Gasteiger partial charge in [-0.25, -0.2) is 4.98 Å². The summed E-state index contributed by atoms with van der Waals surface area (Å²) in [6, 6.07) is 9.23. The van der Waals surface area contributed by atoms with Crippen LogP contribution in [0.25, 0.3) is 0 Å². The minimum atomic E-state index is 0.0811. The first-order valence-electron chi connectivity index (χ1n) is 4.86. The number of hydrogen-bond acceptors (Lipinski definition) is 4. The summed E-state index contributed by atoms with van der Waals surface area (Å²) in [6.07, 6.45) is 0.331. The summed E-state index contributed by atoms with van der Waals surface area (Å²) in [5.41, 5.74) is 0.719. The van der Waals surface area contributed by atoms with Crippen LogP contribution < -0.4 is 4.74 Å². The van der Waals surface area contributed by atoms with E-state index < -0.39 is 0 Å². The lowest BCUT2D eigenvalue weighted by Gasteiger charge is -1.97. The maximum atomic E-state index is 11.8. The lowest BCUT2D eigenvalue weighted by Crippen LogP contribution is -2.02. The third kappa shape index (κ3) is 2.46. The SMILES string of the molecule is COc1csc(CC(=O)c2ccccc2)n1. The summed E-state index contributed by atoms with van der Waals surface area (Å²) < 4.78 is 4.97. The molecule has 16 heavy (non-hydrogen) atoms. The zero-order valence-electron chi connectivity index (χ0n) is 8.84. The van der Waals surface area contributed by atoms with Gasteiger partial charge in [-0.15, -0.1) is 11.3 Å². The molecule has 1 aromatic heterocycles. The summed E-state index contributed by atoms with van der Waals surface area (Å²) in [5.74, 6) is 0.651. The standard InChI is InChI=1S/C12H11NO2S/c1-15-11-8-16-12(13-11)7-10(14)9-5-3-2-4-6-9/h2-6,8H,7H2,1H3. The summed E-state index contributed by atoms with van der Waals surface area (Å²) in [4.78, 5) is 16.0. The molecule has 2 aromatic rings. The highest BCUT2D eigenvalue weighted by Crippen LogP contribution is 2.17. The number of nitrogens with zero attached hydrogens (tertiary/aromatic N) is 1. The van der Waals surface area contributed by atoms with Crippen LogP contribution in [0, 0.1) is 0 Å². The van der Waals surface area contributed by atoms with E-state index >= 15 is 0 Å². The molecule has 0 aliphatic rings. The molecule has 0 spiro atoms. The Hall–Kier alpha value is -1.68. The van der Waals surface area contributed by atoms with Crippen LogP contribution in [0.3, 0.4) is 0 Å². The Morgan fingerprint density at radius 3 is 2.75 bits per heavy atom. The molecule has 1 heterocycles. The Balaban J connectivity index is 2.08. The summed E-state index contributed by atoms with van der Waals surface area (Å²) in [7, 11) is 1.57. The summed E-state index contributed by atoms with van der Waals surface area (Å²) >= 11 is 1.44. The van der Waals surface area contributed by atoms with Crippen molar-refractivity contribution in [3.05, 3.63) is 46.3 Å². The Kier molecular flexibility index (Phi) is 3.31. The Labute approximate surface area is 97.7 Å². The Morgan fingerprint density at radius 2 is 2.12 bits per heavy atom. The normalized spacial score (nSPS) is 10.1. The lowest BCUT2D eigenvalue weighted by molar-refractivity contribution is 0.0993. The molecule has 0 bridgehead atoms. The molecule has 0 N–H and O–H groups in total. The smallest absolute Gasteiger partial charge is 0.224 e. The highest BCUT2D eigenvalue weighted by Gasteiger charge is 2.09. The van der Waals surface area contributed by atoms with Crippen molar-refractivity contribution in [1.29, 1.82) is 0 Å². The van der Waals surface area contributed by atoms with Crippen LogP contribution in [-0.2, 0) is 6.42 Å². The minimum absolute atomic E-state index is 0.0811. The highest BCUT2D eigenvalue weighted by atomic mass is 32.1. The predicted molar refractivity (Wildman–Crippen MR) is 63.1 cm³/mol. The van der Waals surface area contributed by atoms with Gasteiger partial charge in [0.05, 0.1) is 18.9 Å². The molecule has 0 atom stereocenters. The first-order chi connectivity index (χ1) is 7.79. The Morgan fingerprint density at radius 1 is 1.38 bits per heavy atom. The number of carbonyl (C=O) groups is 1. The van der Waals surface area contributed by atoms with E-state index in [1.807, 2.05) is 30.3 Å². The molecule has 0 fully saturated rings. The van der Waals surface area contributed by atoms with E-state index in [2.05, 4.69) is 4.98 Å². The number of hydrogen-bond donors (Lipinski definition) is 0. The van der Waals surface area contributed by atoms with Crippen LogP contribution in [0.4, 0.5) is 0 Å². The molecule has 0 aliphatic carbocycles. The van der Waals surface area contributed by atoms with E-state index in [-0.39, 0.29) is 5.78 Å². The molecule has 0 saturated carbocycles. The third-order valence-electron chi connectivity index (χ3n) is 2.15. The van der Waals surface area contributed by atoms with E-state index in [1.54, 1.807) is 12.5 Å².